The number of aryl methyl sites for hydroxylation is 4. The Morgan fingerprint density at radius 3 is 2.50 bits per heavy atom. The second-order valence-corrected chi connectivity index (χ2v) is 7.49. The number of hydrogen-bond donors (Lipinski definition) is 1. The molecule has 2 aromatic heterocycles. The quantitative estimate of drug-likeness (QED) is 0.555. The summed E-state index contributed by atoms with van der Waals surface area (Å²) in [5.74, 6) is -0.149. The molecule has 2 aromatic carbocycles. The van der Waals surface area contributed by atoms with Gasteiger partial charge in [-0.2, -0.15) is 5.10 Å². The van der Waals surface area contributed by atoms with Gasteiger partial charge in [-0.05, 0) is 44.5 Å². The lowest BCUT2D eigenvalue weighted by Gasteiger charge is -2.10. The summed E-state index contributed by atoms with van der Waals surface area (Å²) in [6.45, 7) is 6.22. The van der Waals surface area contributed by atoms with Crippen LogP contribution in [-0.2, 0) is 11.3 Å². The zero-order chi connectivity index (χ0) is 21.3. The van der Waals surface area contributed by atoms with Gasteiger partial charge >= 0.3 is 0 Å². The van der Waals surface area contributed by atoms with E-state index in [-0.39, 0.29) is 24.4 Å². The number of aromatic nitrogens is 4. The molecule has 1 N–H and O–H groups in total. The average Bonchev–Trinajstić information content (AvgIpc) is 3.15. The molecule has 0 aliphatic heterocycles. The molecule has 0 aliphatic carbocycles. The Labute approximate surface area is 174 Å². The third-order valence-electron chi connectivity index (χ3n) is 5.07. The Kier molecular flexibility index (Phi) is 5.18. The highest BCUT2D eigenvalue weighted by molar-refractivity contribution is 5.91. The number of benzene rings is 2. The van der Waals surface area contributed by atoms with E-state index in [1.807, 2.05) is 63.2 Å². The number of amides is 1. The molecule has 0 fully saturated rings. The van der Waals surface area contributed by atoms with E-state index >= 15 is 0 Å². The number of nitrogens with zero attached hydrogens (tertiary/aromatic N) is 4. The predicted molar refractivity (Wildman–Crippen MR) is 117 cm³/mol. The molecule has 2 heterocycles. The van der Waals surface area contributed by atoms with E-state index in [4.69, 9.17) is 0 Å². The van der Waals surface area contributed by atoms with Gasteiger partial charge in [0, 0.05) is 18.7 Å². The van der Waals surface area contributed by atoms with Crippen molar-refractivity contribution in [3.8, 4) is 5.69 Å². The van der Waals surface area contributed by atoms with Crippen LogP contribution in [0, 0.1) is 20.8 Å². The molecule has 7 nitrogen and oxygen atoms in total. The predicted octanol–water partition coefficient (Wildman–Crippen LogP) is 3.54. The van der Waals surface area contributed by atoms with Crippen LogP contribution in [0.4, 0.5) is 5.69 Å². The van der Waals surface area contributed by atoms with Crippen LogP contribution < -0.4 is 10.9 Å². The maximum absolute atomic E-state index is 12.8. The van der Waals surface area contributed by atoms with Crippen LogP contribution in [0.2, 0.25) is 0 Å². The second kappa shape index (κ2) is 7.94. The van der Waals surface area contributed by atoms with Crippen molar-refractivity contribution in [3.05, 3.63) is 82.0 Å². The van der Waals surface area contributed by atoms with Crippen LogP contribution in [-0.4, -0.2) is 25.2 Å². The van der Waals surface area contributed by atoms with Gasteiger partial charge in [0.1, 0.15) is 5.39 Å². The van der Waals surface area contributed by atoms with E-state index < -0.39 is 0 Å². The molecule has 4 aromatic rings. The summed E-state index contributed by atoms with van der Waals surface area (Å²) in [4.78, 5) is 29.6. The standard InChI is InChI=1S/C23H23N5O2/c1-15-4-7-18(8-5-15)28-22-19(13-25-28)23(30)27(14-24-22)11-10-21(29)26-20-9-6-16(2)12-17(20)3/h4-9,12-14H,10-11H2,1-3H3,(H,26,29). The van der Waals surface area contributed by atoms with Gasteiger partial charge in [-0.3, -0.25) is 14.2 Å². The second-order valence-electron chi connectivity index (χ2n) is 7.49. The maximum Gasteiger partial charge on any atom is 0.264 e. The molecule has 0 unspecified atom stereocenters. The first-order chi connectivity index (χ1) is 14.4. The fourth-order valence-electron chi connectivity index (χ4n) is 3.37. The Morgan fingerprint density at radius 1 is 1.03 bits per heavy atom. The summed E-state index contributed by atoms with van der Waals surface area (Å²) in [6, 6.07) is 13.7. The topological polar surface area (TPSA) is 81.8 Å². The minimum Gasteiger partial charge on any atom is -0.326 e. The lowest BCUT2D eigenvalue weighted by molar-refractivity contribution is -0.116. The molecule has 30 heavy (non-hydrogen) atoms. The van der Waals surface area contributed by atoms with Gasteiger partial charge in [-0.1, -0.05) is 35.4 Å². The van der Waals surface area contributed by atoms with Crippen molar-refractivity contribution in [2.45, 2.75) is 33.7 Å². The number of carbonyl (C=O) groups excluding carboxylic acids is 1. The highest BCUT2D eigenvalue weighted by Crippen LogP contribution is 2.17. The Bertz CT molecular complexity index is 1290. The van der Waals surface area contributed by atoms with Crippen molar-refractivity contribution in [2.75, 3.05) is 5.32 Å². The van der Waals surface area contributed by atoms with Crippen molar-refractivity contribution < 1.29 is 4.79 Å². The number of carbonyl (C=O) groups is 1. The lowest BCUT2D eigenvalue weighted by atomic mass is 10.1. The molecule has 0 spiro atoms. The van der Waals surface area contributed by atoms with Crippen molar-refractivity contribution >= 4 is 22.6 Å². The Morgan fingerprint density at radius 2 is 1.77 bits per heavy atom. The summed E-state index contributed by atoms with van der Waals surface area (Å²) in [5, 5.41) is 7.65. The molecule has 0 saturated carbocycles. The van der Waals surface area contributed by atoms with E-state index in [0.717, 1.165) is 28.1 Å². The lowest BCUT2D eigenvalue weighted by Crippen LogP contribution is -2.23. The molecule has 4 rings (SSSR count). The first-order valence-corrected chi connectivity index (χ1v) is 9.80. The number of fused-ring (bicyclic) bond motifs is 1. The molecular weight excluding hydrogens is 378 g/mol. The molecule has 0 radical (unpaired) electrons. The minimum atomic E-state index is -0.210. The molecule has 152 valence electrons. The largest absolute Gasteiger partial charge is 0.326 e. The van der Waals surface area contributed by atoms with Crippen LogP contribution in [0.1, 0.15) is 23.1 Å². The van der Waals surface area contributed by atoms with Gasteiger partial charge in [0.25, 0.3) is 5.56 Å². The summed E-state index contributed by atoms with van der Waals surface area (Å²) in [6.07, 6.45) is 3.17. The monoisotopic (exact) mass is 401 g/mol. The highest BCUT2D eigenvalue weighted by Gasteiger charge is 2.12. The van der Waals surface area contributed by atoms with Crippen molar-refractivity contribution in [1.29, 1.82) is 0 Å². The van der Waals surface area contributed by atoms with Crippen molar-refractivity contribution in [3.63, 3.8) is 0 Å². The minimum absolute atomic E-state index is 0.149. The van der Waals surface area contributed by atoms with Gasteiger partial charge in [-0.25, -0.2) is 9.67 Å². The molecular formula is C23H23N5O2. The van der Waals surface area contributed by atoms with E-state index in [0.29, 0.717) is 11.0 Å². The highest BCUT2D eigenvalue weighted by atomic mass is 16.2. The Hall–Kier alpha value is -3.74. The van der Waals surface area contributed by atoms with Gasteiger partial charge in [0.2, 0.25) is 5.91 Å². The molecule has 7 heteroatoms. The van der Waals surface area contributed by atoms with Gasteiger partial charge < -0.3 is 5.32 Å². The van der Waals surface area contributed by atoms with E-state index in [1.54, 1.807) is 4.68 Å². The van der Waals surface area contributed by atoms with Crippen LogP contribution in [0.3, 0.4) is 0 Å². The third-order valence-corrected chi connectivity index (χ3v) is 5.07. The number of nitrogens with one attached hydrogen (secondary N) is 1. The number of anilines is 1. The van der Waals surface area contributed by atoms with Crippen molar-refractivity contribution in [2.24, 2.45) is 0 Å². The third kappa shape index (κ3) is 3.87. The smallest absolute Gasteiger partial charge is 0.264 e. The van der Waals surface area contributed by atoms with E-state index in [1.165, 1.54) is 17.1 Å². The fourth-order valence-corrected chi connectivity index (χ4v) is 3.37. The summed E-state index contributed by atoms with van der Waals surface area (Å²) in [5.41, 5.74) is 5.20. The molecule has 0 bridgehead atoms. The van der Waals surface area contributed by atoms with Gasteiger partial charge in [0.05, 0.1) is 18.2 Å². The van der Waals surface area contributed by atoms with Crippen LogP contribution in [0.15, 0.2) is 59.8 Å². The zero-order valence-corrected chi connectivity index (χ0v) is 17.2. The summed E-state index contributed by atoms with van der Waals surface area (Å²) < 4.78 is 3.10. The van der Waals surface area contributed by atoms with Crippen LogP contribution in [0.25, 0.3) is 16.7 Å². The van der Waals surface area contributed by atoms with Gasteiger partial charge in [0.15, 0.2) is 5.65 Å². The van der Waals surface area contributed by atoms with E-state index in [2.05, 4.69) is 15.4 Å². The summed E-state index contributed by atoms with van der Waals surface area (Å²) in [7, 11) is 0. The number of hydrogen-bond acceptors (Lipinski definition) is 4. The zero-order valence-electron chi connectivity index (χ0n) is 17.2. The normalized spacial score (nSPS) is 11.0. The van der Waals surface area contributed by atoms with Crippen LogP contribution in [0.5, 0.6) is 0 Å². The SMILES string of the molecule is Cc1ccc(-n2ncc3c(=O)n(CCC(=O)Nc4ccc(C)cc4C)cnc32)cc1. The van der Waals surface area contributed by atoms with Gasteiger partial charge in [-0.15, -0.1) is 0 Å². The first kappa shape index (κ1) is 19.6. The fraction of sp³-hybridized carbons (Fsp3) is 0.217. The van der Waals surface area contributed by atoms with Crippen molar-refractivity contribution in [1.82, 2.24) is 19.3 Å². The first-order valence-electron chi connectivity index (χ1n) is 9.80. The number of rotatable bonds is 5. The molecule has 0 saturated heterocycles. The average molecular weight is 401 g/mol. The van der Waals surface area contributed by atoms with E-state index in [9.17, 15) is 9.59 Å². The maximum atomic E-state index is 12.8. The summed E-state index contributed by atoms with van der Waals surface area (Å²) >= 11 is 0. The molecule has 1 amide bonds. The van der Waals surface area contributed by atoms with Crippen LogP contribution >= 0.6 is 0 Å². The molecule has 0 aliphatic rings. The Balaban J connectivity index is 1.51. The molecule has 0 atom stereocenters.